The Kier molecular flexibility index (Phi) is 10.3. The molecular formula is C29H41NO5S. The van der Waals surface area contributed by atoms with Gasteiger partial charge in [0, 0.05) is 13.2 Å². The Morgan fingerprint density at radius 2 is 1.97 bits per heavy atom. The molecule has 0 bridgehead atoms. The van der Waals surface area contributed by atoms with Gasteiger partial charge in [0.15, 0.2) is 6.29 Å². The topological polar surface area (TPSA) is 65.1 Å². The first-order valence-electron chi connectivity index (χ1n) is 13.7. The van der Waals surface area contributed by atoms with Crippen LogP contribution in [0.1, 0.15) is 87.1 Å². The fourth-order valence-electron chi connectivity index (χ4n) is 5.38. The van der Waals surface area contributed by atoms with Gasteiger partial charge >= 0.3 is 5.97 Å². The number of carbonyl (C=O) groups is 2. The Morgan fingerprint density at radius 3 is 2.69 bits per heavy atom. The second kappa shape index (κ2) is 13.6. The lowest BCUT2D eigenvalue weighted by atomic mass is 9.84. The van der Waals surface area contributed by atoms with Crippen molar-refractivity contribution in [3.8, 4) is 0 Å². The molecule has 2 unspecified atom stereocenters. The summed E-state index contributed by atoms with van der Waals surface area (Å²) in [7, 11) is 0. The zero-order valence-corrected chi connectivity index (χ0v) is 22.4. The van der Waals surface area contributed by atoms with Crippen molar-refractivity contribution >= 4 is 23.6 Å². The van der Waals surface area contributed by atoms with Crippen LogP contribution in [0.4, 0.5) is 0 Å². The summed E-state index contributed by atoms with van der Waals surface area (Å²) in [5.41, 5.74) is 1.54. The molecule has 0 spiro atoms. The SMILES string of the molecule is CCOC(=O)c1ccc(CCCC2SCC(=O)N2C/C=C/C2(OC3CCCCO3)CCCCC2)cc1. The summed E-state index contributed by atoms with van der Waals surface area (Å²) in [4.78, 5) is 26.5. The van der Waals surface area contributed by atoms with Crippen LogP contribution >= 0.6 is 11.8 Å². The lowest BCUT2D eigenvalue weighted by molar-refractivity contribution is -0.218. The molecule has 0 N–H and O–H groups in total. The van der Waals surface area contributed by atoms with Gasteiger partial charge in [0.25, 0.3) is 0 Å². The molecule has 2 saturated heterocycles. The third-order valence-electron chi connectivity index (χ3n) is 7.38. The first-order chi connectivity index (χ1) is 17.6. The van der Waals surface area contributed by atoms with E-state index in [0.717, 1.165) is 51.6 Å². The van der Waals surface area contributed by atoms with Crippen LogP contribution in [0.2, 0.25) is 0 Å². The number of thioether (sulfide) groups is 1. The first kappa shape index (κ1) is 27.2. The average molecular weight is 516 g/mol. The van der Waals surface area contributed by atoms with Crippen molar-refractivity contribution in [1.29, 1.82) is 0 Å². The summed E-state index contributed by atoms with van der Waals surface area (Å²) in [6.45, 7) is 3.63. The molecule has 2 heterocycles. The zero-order valence-electron chi connectivity index (χ0n) is 21.6. The fourth-order valence-corrected chi connectivity index (χ4v) is 6.60. The van der Waals surface area contributed by atoms with Crippen molar-refractivity contribution in [3.05, 3.63) is 47.5 Å². The molecule has 1 aliphatic carbocycles. The van der Waals surface area contributed by atoms with Crippen LogP contribution < -0.4 is 0 Å². The molecular weight excluding hydrogens is 474 g/mol. The molecule has 0 aromatic heterocycles. The van der Waals surface area contributed by atoms with E-state index in [9.17, 15) is 9.59 Å². The quantitative estimate of drug-likeness (QED) is 0.270. The second-order valence-electron chi connectivity index (χ2n) is 10.1. The van der Waals surface area contributed by atoms with Gasteiger partial charge in [-0.25, -0.2) is 4.79 Å². The maximum atomic E-state index is 12.6. The Balaban J connectivity index is 1.28. The van der Waals surface area contributed by atoms with E-state index < -0.39 is 0 Å². The Labute approximate surface area is 220 Å². The third-order valence-corrected chi connectivity index (χ3v) is 8.67. The van der Waals surface area contributed by atoms with Crippen molar-refractivity contribution in [2.45, 2.75) is 94.8 Å². The molecule has 7 heteroatoms. The van der Waals surface area contributed by atoms with Gasteiger partial charge in [-0.15, -0.1) is 11.8 Å². The van der Waals surface area contributed by atoms with E-state index in [1.165, 1.54) is 31.2 Å². The largest absolute Gasteiger partial charge is 0.462 e. The Hall–Kier alpha value is -1.83. The number of ether oxygens (including phenoxy) is 3. The number of carbonyl (C=O) groups excluding carboxylic acids is 2. The number of benzene rings is 1. The molecule has 2 atom stereocenters. The molecule has 2 aliphatic heterocycles. The Bertz CT molecular complexity index is 874. The summed E-state index contributed by atoms with van der Waals surface area (Å²) in [6.07, 6.45) is 16.1. The average Bonchev–Trinajstić information content (AvgIpc) is 3.25. The highest BCUT2D eigenvalue weighted by Crippen LogP contribution is 2.36. The van der Waals surface area contributed by atoms with E-state index in [4.69, 9.17) is 14.2 Å². The Morgan fingerprint density at radius 1 is 1.17 bits per heavy atom. The van der Waals surface area contributed by atoms with E-state index in [1.54, 1.807) is 11.8 Å². The number of rotatable bonds is 11. The van der Waals surface area contributed by atoms with Crippen LogP contribution in [0, 0.1) is 0 Å². The van der Waals surface area contributed by atoms with Crippen LogP contribution in [0.5, 0.6) is 0 Å². The standard InChI is InChI=1S/C29H41NO5S/c1-2-33-28(32)24-15-13-23(14-16-24)10-8-11-26-30(25(31)22-36-26)20-9-19-29(17-5-3-6-18-29)35-27-12-4-7-21-34-27/h9,13-16,19,26-27H,2-8,10-12,17-18,20-22H2,1H3/b19-9+. The monoisotopic (exact) mass is 515 g/mol. The molecule has 4 rings (SSSR count). The maximum Gasteiger partial charge on any atom is 0.338 e. The molecule has 1 amide bonds. The minimum Gasteiger partial charge on any atom is -0.462 e. The van der Waals surface area contributed by atoms with Crippen LogP contribution in [0.3, 0.4) is 0 Å². The molecule has 1 saturated carbocycles. The van der Waals surface area contributed by atoms with E-state index in [2.05, 4.69) is 12.2 Å². The van der Waals surface area contributed by atoms with Gasteiger partial charge < -0.3 is 19.1 Å². The lowest BCUT2D eigenvalue weighted by Crippen LogP contribution is -2.39. The normalized spacial score (nSPS) is 24.4. The number of amides is 1. The number of hydrogen-bond donors (Lipinski definition) is 0. The maximum absolute atomic E-state index is 12.6. The van der Waals surface area contributed by atoms with E-state index >= 15 is 0 Å². The van der Waals surface area contributed by atoms with Crippen LogP contribution in [0.15, 0.2) is 36.4 Å². The van der Waals surface area contributed by atoms with Crippen molar-refractivity contribution in [1.82, 2.24) is 4.90 Å². The minimum atomic E-state index is -0.278. The first-order valence-corrected chi connectivity index (χ1v) is 14.8. The van der Waals surface area contributed by atoms with Gasteiger partial charge in [0.1, 0.15) is 0 Å². The van der Waals surface area contributed by atoms with E-state index in [-0.39, 0.29) is 29.1 Å². The molecule has 1 aromatic carbocycles. The van der Waals surface area contributed by atoms with Crippen molar-refractivity contribution < 1.29 is 23.8 Å². The van der Waals surface area contributed by atoms with Gasteiger partial charge in [-0.2, -0.15) is 0 Å². The molecule has 198 valence electrons. The summed E-state index contributed by atoms with van der Waals surface area (Å²) in [5, 5.41) is 0.214. The van der Waals surface area contributed by atoms with E-state index in [1.807, 2.05) is 36.1 Å². The predicted molar refractivity (Wildman–Crippen MR) is 143 cm³/mol. The van der Waals surface area contributed by atoms with Crippen molar-refractivity contribution in [2.24, 2.45) is 0 Å². The zero-order chi connectivity index (χ0) is 25.2. The highest BCUT2D eigenvalue weighted by atomic mass is 32.2. The fraction of sp³-hybridized carbons (Fsp3) is 0.655. The van der Waals surface area contributed by atoms with Gasteiger partial charge in [-0.3, -0.25) is 4.79 Å². The van der Waals surface area contributed by atoms with Gasteiger partial charge in [-0.1, -0.05) is 43.5 Å². The molecule has 0 radical (unpaired) electrons. The summed E-state index contributed by atoms with van der Waals surface area (Å²) >= 11 is 1.75. The smallest absolute Gasteiger partial charge is 0.338 e. The second-order valence-corrected chi connectivity index (χ2v) is 11.2. The van der Waals surface area contributed by atoms with Crippen molar-refractivity contribution in [3.63, 3.8) is 0 Å². The minimum absolute atomic E-state index is 0.0930. The number of nitrogens with zero attached hydrogens (tertiary/aromatic N) is 1. The highest BCUT2D eigenvalue weighted by Gasteiger charge is 2.35. The third kappa shape index (κ3) is 7.59. The molecule has 6 nitrogen and oxygen atoms in total. The van der Waals surface area contributed by atoms with Gasteiger partial charge in [0.05, 0.1) is 28.9 Å². The van der Waals surface area contributed by atoms with E-state index in [0.29, 0.717) is 24.5 Å². The number of hydrogen-bond acceptors (Lipinski definition) is 6. The summed E-state index contributed by atoms with van der Waals surface area (Å²) in [6, 6.07) is 7.66. The van der Waals surface area contributed by atoms with Crippen LogP contribution in [0.25, 0.3) is 0 Å². The van der Waals surface area contributed by atoms with Crippen LogP contribution in [-0.4, -0.2) is 59.6 Å². The van der Waals surface area contributed by atoms with Crippen molar-refractivity contribution in [2.75, 3.05) is 25.5 Å². The number of aryl methyl sites for hydroxylation is 1. The summed E-state index contributed by atoms with van der Waals surface area (Å²) < 4.78 is 17.5. The molecule has 36 heavy (non-hydrogen) atoms. The van der Waals surface area contributed by atoms with Gasteiger partial charge in [-0.05, 0) is 76.0 Å². The van der Waals surface area contributed by atoms with Crippen LogP contribution in [-0.2, 0) is 25.4 Å². The number of esters is 1. The lowest BCUT2D eigenvalue weighted by Gasteiger charge is -2.39. The molecule has 3 fully saturated rings. The molecule has 1 aromatic rings. The molecule has 3 aliphatic rings. The summed E-state index contributed by atoms with van der Waals surface area (Å²) in [5.74, 6) is 0.507. The van der Waals surface area contributed by atoms with Gasteiger partial charge in [0.2, 0.25) is 5.91 Å². The highest BCUT2D eigenvalue weighted by molar-refractivity contribution is 8.00. The predicted octanol–water partition coefficient (Wildman–Crippen LogP) is 5.89.